The van der Waals surface area contributed by atoms with Crippen LogP contribution in [0.4, 0.5) is 0 Å². The van der Waals surface area contributed by atoms with Gasteiger partial charge in [0.25, 0.3) is 0 Å². The summed E-state index contributed by atoms with van der Waals surface area (Å²) in [6.07, 6.45) is 2.90. The van der Waals surface area contributed by atoms with E-state index in [4.69, 9.17) is 17.3 Å². The molecule has 0 saturated heterocycles. The maximum Gasteiger partial charge on any atom is 0.141 e. The van der Waals surface area contributed by atoms with E-state index < -0.39 is 6.10 Å². The Bertz CT molecular complexity index is 470. The normalized spacial score (nSPS) is 13.3. The Morgan fingerprint density at radius 1 is 1.60 bits per heavy atom. The van der Waals surface area contributed by atoms with Crippen molar-refractivity contribution < 1.29 is 5.11 Å². The van der Waals surface area contributed by atoms with E-state index in [0.717, 1.165) is 0 Å². The molecule has 2 rings (SSSR count). The Kier molecular flexibility index (Phi) is 2.86. The second-order valence-corrected chi connectivity index (χ2v) is 3.55. The zero-order valence-electron chi connectivity index (χ0n) is 7.97. The van der Waals surface area contributed by atoms with E-state index in [0.29, 0.717) is 29.5 Å². The summed E-state index contributed by atoms with van der Waals surface area (Å²) < 4.78 is 1.62. The molecule has 0 aliphatic rings. The number of nitrogens with zero attached hydrogens (tertiary/aromatic N) is 3. The summed E-state index contributed by atoms with van der Waals surface area (Å²) in [5, 5.41) is 10.1. The third-order valence-corrected chi connectivity index (χ3v) is 2.53. The smallest absolute Gasteiger partial charge is 0.141 e. The summed E-state index contributed by atoms with van der Waals surface area (Å²) >= 11 is 6.05. The minimum Gasteiger partial charge on any atom is -0.387 e. The molecule has 0 bridgehead atoms. The summed E-state index contributed by atoms with van der Waals surface area (Å²) in [5.74, 6) is 0. The molecule has 0 spiro atoms. The molecule has 6 heteroatoms. The Morgan fingerprint density at radius 2 is 2.40 bits per heavy atom. The first-order chi connectivity index (χ1) is 7.24. The van der Waals surface area contributed by atoms with Crippen LogP contribution in [0.5, 0.6) is 0 Å². The van der Waals surface area contributed by atoms with Crippen molar-refractivity contribution in [3.8, 4) is 0 Å². The van der Waals surface area contributed by atoms with Crippen LogP contribution in [0.1, 0.15) is 18.2 Å². The van der Waals surface area contributed by atoms with Crippen molar-refractivity contribution in [3.63, 3.8) is 0 Å². The number of aromatic nitrogens is 3. The molecule has 3 N–H and O–H groups in total. The number of nitrogens with two attached hydrogens (primary N) is 1. The highest BCUT2D eigenvalue weighted by molar-refractivity contribution is 6.30. The maximum atomic E-state index is 9.74. The monoisotopic (exact) mass is 226 g/mol. The highest BCUT2D eigenvalue weighted by Crippen LogP contribution is 2.24. The fourth-order valence-electron chi connectivity index (χ4n) is 1.40. The van der Waals surface area contributed by atoms with Crippen molar-refractivity contribution in [2.45, 2.75) is 12.5 Å². The van der Waals surface area contributed by atoms with Crippen molar-refractivity contribution in [2.24, 2.45) is 5.73 Å². The van der Waals surface area contributed by atoms with Gasteiger partial charge in [-0.1, -0.05) is 11.6 Å². The first-order valence-corrected chi connectivity index (χ1v) is 4.97. The number of aliphatic hydroxyl groups is 1. The van der Waals surface area contributed by atoms with Crippen LogP contribution in [0, 0.1) is 0 Å². The van der Waals surface area contributed by atoms with Crippen LogP contribution >= 0.6 is 11.6 Å². The highest BCUT2D eigenvalue weighted by Gasteiger charge is 2.17. The minimum absolute atomic E-state index is 0.388. The molecule has 80 valence electrons. The van der Waals surface area contributed by atoms with Crippen molar-refractivity contribution in [1.82, 2.24) is 14.4 Å². The molecule has 1 unspecified atom stereocenters. The molecule has 0 aromatic carbocycles. The first-order valence-electron chi connectivity index (χ1n) is 4.59. The minimum atomic E-state index is -0.720. The largest absolute Gasteiger partial charge is 0.387 e. The van der Waals surface area contributed by atoms with Gasteiger partial charge in [-0.2, -0.15) is 0 Å². The standard InChI is InChI=1S/C9H11ClN4O/c10-9-8(6(15)1-3-11)13-7-2-4-12-5-14(7)9/h2,4-6,15H,1,3,11H2. The Balaban J connectivity index is 2.48. The molecule has 0 fully saturated rings. The molecule has 1 atom stereocenters. The van der Waals surface area contributed by atoms with Gasteiger partial charge in [0.1, 0.15) is 28.9 Å². The molecule has 0 amide bonds. The van der Waals surface area contributed by atoms with E-state index in [1.807, 2.05) is 0 Å². The van der Waals surface area contributed by atoms with Gasteiger partial charge in [0, 0.05) is 6.20 Å². The molecule has 2 aromatic rings. The average Bonchev–Trinajstić information content (AvgIpc) is 2.57. The SMILES string of the molecule is NCCC(O)c1nc2ccncn2c1Cl. The lowest BCUT2D eigenvalue weighted by Crippen LogP contribution is -2.07. The third kappa shape index (κ3) is 1.81. The van der Waals surface area contributed by atoms with Gasteiger partial charge in [0.2, 0.25) is 0 Å². The van der Waals surface area contributed by atoms with E-state index in [1.54, 1.807) is 23.0 Å². The maximum absolute atomic E-state index is 9.74. The van der Waals surface area contributed by atoms with Gasteiger partial charge >= 0.3 is 0 Å². The predicted octanol–water partition coefficient (Wildman–Crippen LogP) is 0.765. The lowest BCUT2D eigenvalue weighted by molar-refractivity contribution is 0.166. The molecule has 0 saturated carbocycles. The molecular formula is C9H11ClN4O. The predicted molar refractivity (Wildman–Crippen MR) is 56.6 cm³/mol. The second kappa shape index (κ2) is 4.14. The Morgan fingerprint density at radius 3 is 3.07 bits per heavy atom. The summed E-state index contributed by atoms with van der Waals surface area (Å²) in [4.78, 5) is 8.14. The fraction of sp³-hybridized carbons (Fsp3) is 0.333. The second-order valence-electron chi connectivity index (χ2n) is 3.19. The van der Waals surface area contributed by atoms with Crippen LogP contribution in [-0.4, -0.2) is 26.0 Å². The van der Waals surface area contributed by atoms with Gasteiger partial charge in [-0.25, -0.2) is 9.97 Å². The molecule has 2 heterocycles. The van der Waals surface area contributed by atoms with Gasteiger partial charge in [0.05, 0.1) is 0 Å². The van der Waals surface area contributed by atoms with Gasteiger partial charge in [-0.05, 0) is 19.0 Å². The molecular weight excluding hydrogens is 216 g/mol. The lowest BCUT2D eigenvalue weighted by atomic mass is 10.2. The number of imidazole rings is 1. The zero-order chi connectivity index (χ0) is 10.8. The number of rotatable bonds is 3. The molecule has 2 aromatic heterocycles. The molecule has 0 aliphatic heterocycles. The third-order valence-electron chi connectivity index (χ3n) is 2.15. The first kappa shape index (κ1) is 10.4. The van der Waals surface area contributed by atoms with Gasteiger partial charge in [0.15, 0.2) is 0 Å². The van der Waals surface area contributed by atoms with E-state index in [9.17, 15) is 5.11 Å². The lowest BCUT2D eigenvalue weighted by Gasteiger charge is -2.05. The molecule has 15 heavy (non-hydrogen) atoms. The number of aliphatic hydroxyl groups excluding tert-OH is 1. The van der Waals surface area contributed by atoms with Crippen LogP contribution in [0.2, 0.25) is 5.15 Å². The van der Waals surface area contributed by atoms with Crippen molar-refractivity contribution >= 4 is 17.2 Å². The van der Waals surface area contributed by atoms with Crippen LogP contribution in [0.25, 0.3) is 5.65 Å². The van der Waals surface area contributed by atoms with Crippen LogP contribution in [-0.2, 0) is 0 Å². The average molecular weight is 227 g/mol. The summed E-state index contributed by atoms with van der Waals surface area (Å²) in [6, 6.07) is 1.73. The topological polar surface area (TPSA) is 76.4 Å². The number of halogens is 1. The molecule has 0 aliphatic carbocycles. The van der Waals surface area contributed by atoms with Gasteiger partial charge < -0.3 is 10.8 Å². The van der Waals surface area contributed by atoms with E-state index in [1.165, 1.54) is 0 Å². The van der Waals surface area contributed by atoms with E-state index in [-0.39, 0.29) is 0 Å². The highest BCUT2D eigenvalue weighted by atomic mass is 35.5. The van der Waals surface area contributed by atoms with Gasteiger partial charge in [-0.15, -0.1) is 0 Å². The summed E-state index contributed by atoms with van der Waals surface area (Å²) in [7, 11) is 0. The van der Waals surface area contributed by atoms with Gasteiger partial charge in [-0.3, -0.25) is 4.40 Å². The van der Waals surface area contributed by atoms with E-state index >= 15 is 0 Å². The van der Waals surface area contributed by atoms with Crippen molar-refractivity contribution in [1.29, 1.82) is 0 Å². The van der Waals surface area contributed by atoms with Crippen molar-refractivity contribution in [3.05, 3.63) is 29.4 Å². The van der Waals surface area contributed by atoms with Crippen LogP contribution in [0.15, 0.2) is 18.6 Å². The Labute approximate surface area is 91.5 Å². The quantitative estimate of drug-likeness (QED) is 0.811. The van der Waals surface area contributed by atoms with Crippen molar-refractivity contribution in [2.75, 3.05) is 6.54 Å². The molecule has 5 nitrogen and oxygen atoms in total. The summed E-state index contributed by atoms with van der Waals surface area (Å²) in [5.41, 5.74) is 6.48. The Hall–Kier alpha value is -1.17. The van der Waals surface area contributed by atoms with Crippen LogP contribution < -0.4 is 5.73 Å². The van der Waals surface area contributed by atoms with Crippen LogP contribution in [0.3, 0.4) is 0 Å². The molecule has 0 radical (unpaired) electrons. The fourth-order valence-corrected chi connectivity index (χ4v) is 1.69. The zero-order valence-corrected chi connectivity index (χ0v) is 8.72. The summed E-state index contributed by atoms with van der Waals surface area (Å²) in [6.45, 7) is 0.392. The number of fused-ring (bicyclic) bond motifs is 1. The number of hydrogen-bond acceptors (Lipinski definition) is 4. The van der Waals surface area contributed by atoms with E-state index in [2.05, 4.69) is 9.97 Å². The number of hydrogen-bond donors (Lipinski definition) is 2.